The smallest absolute Gasteiger partial charge is 0.249 e. The minimum atomic E-state index is -1.62. The highest BCUT2D eigenvalue weighted by Gasteiger charge is 2.45. The number of nitrogens with two attached hydrogens (primary N) is 1. The maximum absolute atomic E-state index is 15.8. The van der Waals surface area contributed by atoms with Crippen LogP contribution in [0, 0.1) is 0 Å². The van der Waals surface area contributed by atoms with Gasteiger partial charge < -0.3 is 25.6 Å². The van der Waals surface area contributed by atoms with Gasteiger partial charge in [-0.05, 0) is 43.4 Å². The van der Waals surface area contributed by atoms with E-state index in [-0.39, 0.29) is 23.3 Å². The third-order valence-corrected chi connectivity index (χ3v) is 8.09. The Morgan fingerprint density at radius 2 is 1.95 bits per heavy atom. The zero-order valence-corrected chi connectivity index (χ0v) is 21.5. The van der Waals surface area contributed by atoms with Gasteiger partial charge in [0.15, 0.2) is 11.8 Å². The summed E-state index contributed by atoms with van der Waals surface area (Å²) in [4.78, 5) is 12.3. The molecule has 1 heterocycles. The quantitative estimate of drug-likeness (QED) is 0.502. The van der Waals surface area contributed by atoms with Gasteiger partial charge in [-0.25, -0.2) is 4.39 Å². The van der Waals surface area contributed by atoms with Crippen molar-refractivity contribution in [2.24, 2.45) is 5.73 Å². The average Bonchev–Trinajstić information content (AvgIpc) is 3.29. The Morgan fingerprint density at radius 3 is 2.62 bits per heavy atom. The number of carbonyl (C=O) groups is 1. The summed E-state index contributed by atoms with van der Waals surface area (Å²) in [6.45, 7) is 0.519. The molecule has 2 unspecified atom stereocenters. The minimum absolute atomic E-state index is 0.0761. The number of aliphatic hydroxyl groups excluding tert-OH is 1. The average molecular weight is 527 g/mol. The number of alkyl halides is 1. The monoisotopic (exact) mass is 526 g/mol. The Hall–Kier alpha value is -2.71. The molecule has 0 bridgehead atoms. The van der Waals surface area contributed by atoms with Crippen molar-refractivity contribution < 1.29 is 23.8 Å². The lowest BCUT2D eigenvalue weighted by Gasteiger charge is -2.34. The van der Waals surface area contributed by atoms with Crippen LogP contribution in [0.15, 0.2) is 60.2 Å². The third-order valence-electron chi connectivity index (χ3n) is 7.77. The number of primary amides is 1. The highest BCUT2D eigenvalue weighted by molar-refractivity contribution is 6.33. The van der Waals surface area contributed by atoms with E-state index in [1.54, 1.807) is 12.1 Å². The summed E-state index contributed by atoms with van der Waals surface area (Å²) in [6, 6.07) is 13.7. The first-order valence-electron chi connectivity index (χ1n) is 12.7. The van der Waals surface area contributed by atoms with Crippen molar-refractivity contribution >= 4 is 23.1 Å². The van der Waals surface area contributed by atoms with Crippen LogP contribution in [0.5, 0.6) is 5.75 Å². The number of hydrogen-bond donors (Lipinski definition) is 3. The highest BCUT2D eigenvalue weighted by atomic mass is 35.5. The molecule has 1 aliphatic heterocycles. The zero-order chi connectivity index (χ0) is 26.2. The molecule has 2 aliphatic carbocycles. The number of carbonyl (C=O) groups excluding carboxylic acids is 1. The summed E-state index contributed by atoms with van der Waals surface area (Å²) >= 11 is 6.71. The Morgan fingerprint density at radius 1 is 1.22 bits per heavy atom. The fourth-order valence-corrected chi connectivity index (χ4v) is 6.04. The van der Waals surface area contributed by atoms with Gasteiger partial charge in [0.2, 0.25) is 5.91 Å². The van der Waals surface area contributed by atoms with Crippen LogP contribution in [0.2, 0.25) is 5.02 Å². The molecule has 37 heavy (non-hydrogen) atoms. The second-order valence-electron chi connectivity index (χ2n) is 10.1. The Bertz CT molecular complexity index is 1230. The van der Waals surface area contributed by atoms with Crippen molar-refractivity contribution in [2.75, 3.05) is 13.7 Å². The predicted molar refractivity (Wildman–Crippen MR) is 141 cm³/mol. The number of aliphatic hydroxyl groups is 1. The van der Waals surface area contributed by atoms with E-state index in [4.69, 9.17) is 26.8 Å². The van der Waals surface area contributed by atoms with Crippen molar-refractivity contribution in [1.29, 1.82) is 0 Å². The van der Waals surface area contributed by atoms with Crippen LogP contribution in [0.3, 0.4) is 0 Å². The summed E-state index contributed by atoms with van der Waals surface area (Å²) in [5.41, 5.74) is 7.26. The maximum Gasteiger partial charge on any atom is 0.249 e. The molecule has 0 saturated heterocycles. The number of halogens is 2. The number of fused-ring (bicyclic) bond motifs is 1. The van der Waals surface area contributed by atoms with Gasteiger partial charge >= 0.3 is 0 Å². The maximum atomic E-state index is 15.8. The molecule has 3 atom stereocenters. The van der Waals surface area contributed by atoms with Crippen LogP contribution in [-0.2, 0) is 21.6 Å². The van der Waals surface area contributed by atoms with Crippen molar-refractivity contribution in [3.63, 3.8) is 0 Å². The molecule has 0 spiro atoms. The largest absolute Gasteiger partial charge is 0.481 e. The molecule has 4 N–H and O–H groups in total. The molecule has 1 amide bonds. The van der Waals surface area contributed by atoms with Crippen molar-refractivity contribution in [1.82, 2.24) is 5.32 Å². The summed E-state index contributed by atoms with van der Waals surface area (Å²) in [6.07, 6.45) is 4.03. The predicted octanol–water partition coefficient (Wildman–Crippen LogP) is 4.23. The van der Waals surface area contributed by atoms with Gasteiger partial charge in [0.1, 0.15) is 11.9 Å². The second-order valence-corrected chi connectivity index (χ2v) is 10.5. The highest BCUT2D eigenvalue weighted by Crippen LogP contribution is 2.48. The zero-order valence-electron chi connectivity index (χ0n) is 20.8. The van der Waals surface area contributed by atoms with E-state index in [1.165, 1.54) is 19.3 Å². The van der Waals surface area contributed by atoms with Crippen LogP contribution in [0.1, 0.15) is 42.4 Å². The molecule has 1 saturated carbocycles. The van der Waals surface area contributed by atoms with Gasteiger partial charge in [0.05, 0.1) is 6.10 Å². The van der Waals surface area contributed by atoms with E-state index < -0.39 is 23.8 Å². The Balaban J connectivity index is 1.56. The normalized spacial score (nSPS) is 29.2. The number of rotatable bonds is 7. The summed E-state index contributed by atoms with van der Waals surface area (Å²) in [5, 5.41) is 13.9. The van der Waals surface area contributed by atoms with E-state index >= 15 is 4.39 Å². The van der Waals surface area contributed by atoms with Gasteiger partial charge in [0, 0.05) is 53.4 Å². The molecule has 0 radical (unpaired) electrons. The van der Waals surface area contributed by atoms with Crippen LogP contribution in [0.4, 0.5) is 4.39 Å². The first-order chi connectivity index (χ1) is 17.8. The van der Waals surface area contributed by atoms with Gasteiger partial charge in [-0.2, -0.15) is 0 Å². The molecular formula is C29H32ClFN2O4. The third kappa shape index (κ3) is 4.93. The topological polar surface area (TPSA) is 93.8 Å². The van der Waals surface area contributed by atoms with Gasteiger partial charge in [-0.3, -0.25) is 4.79 Å². The minimum Gasteiger partial charge on any atom is -0.481 e. The first-order valence-corrected chi connectivity index (χ1v) is 13.1. The lowest BCUT2D eigenvalue weighted by atomic mass is 9.82. The van der Waals surface area contributed by atoms with Gasteiger partial charge in [0.25, 0.3) is 0 Å². The summed E-state index contributed by atoms with van der Waals surface area (Å²) in [7, 11) is 1.42. The first kappa shape index (κ1) is 25.9. The molecular weight excluding hydrogens is 495 g/mol. The lowest BCUT2D eigenvalue weighted by Crippen LogP contribution is -2.47. The van der Waals surface area contributed by atoms with Crippen molar-refractivity contribution in [3.05, 3.63) is 81.9 Å². The Kier molecular flexibility index (Phi) is 7.41. The molecule has 2 aromatic rings. The second kappa shape index (κ2) is 10.6. The van der Waals surface area contributed by atoms with Crippen LogP contribution in [-0.4, -0.2) is 49.1 Å². The van der Waals surface area contributed by atoms with E-state index in [9.17, 15) is 9.90 Å². The van der Waals surface area contributed by atoms with E-state index in [2.05, 4.69) is 5.32 Å². The standard InChI is InChI=1S/C29H32ClFN2O4/c1-36-24-13-11-20(28(32)35)26(27(24)31)25-21-15-29(17-5-3-2-4-6-17,37-23(21)14-12-22(25)30)16-33-18-7-9-19(34)10-8-18/h2-6,11-14,18-19,24,27,33-34H,7-10,15-16H2,1H3,(H2,32,35)/t18?,19?,24?,27?,29-/m1/s1. The van der Waals surface area contributed by atoms with Gasteiger partial charge in [-0.15, -0.1) is 0 Å². The fraction of sp³-hybridized carbons (Fsp3) is 0.414. The fourth-order valence-electron chi connectivity index (χ4n) is 5.76. The van der Waals surface area contributed by atoms with E-state index in [1.807, 2.05) is 30.3 Å². The van der Waals surface area contributed by atoms with Crippen molar-refractivity contribution in [2.45, 2.75) is 62.1 Å². The van der Waals surface area contributed by atoms with E-state index in [0.717, 1.165) is 36.8 Å². The van der Waals surface area contributed by atoms with Gasteiger partial charge in [-0.1, -0.05) is 54.1 Å². The van der Waals surface area contributed by atoms with Crippen LogP contribution >= 0.6 is 11.6 Å². The molecule has 5 rings (SSSR count). The van der Waals surface area contributed by atoms with Crippen molar-refractivity contribution in [3.8, 4) is 5.75 Å². The summed E-state index contributed by atoms with van der Waals surface area (Å²) in [5.74, 6) is -0.136. The molecule has 6 nitrogen and oxygen atoms in total. The SMILES string of the molecule is COC1C=CC(C(N)=O)=C(c2c(Cl)ccc3c2C[C@@](CNC2CCC(O)CC2)(c2ccccc2)O3)C1F. The molecule has 0 aromatic heterocycles. The van der Waals surface area contributed by atoms with E-state index in [0.29, 0.717) is 29.3 Å². The number of ether oxygens (including phenoxy) is 2. The lowest BCUT2D eigenvalue weighted by molar-refractivity contribution is -0.114. The molecule has 2 aromatic carbocycles. The number of benzene rings is 2. The molecule has 3 aliphatic rings. The molecule has 8 heteroatoms. The molecule has 1 fully saturated rings. The number of amides is 1. The van der Waals surface area contributed by atoms with Crippen LogP contribution in [0.25, 0.3) is 5.57 Å². The van der Waals surface area contributed by atoms with Crippen LogP contribution < -0.4 is 15.8 Å². The number of nitrogens with one attached hydrogen (secondary N) is 1. The number of hydrogen-bond acceptors (Lipinski definition) is 5. The molecule has 196 valence electrons. The summed E-state index contributed by atoms with van der Waals surface area (Å²) < 4.78 is 27.8. The number of methoxy groups -OCH3 is 1. The Labute approximate surface area is 221 Å².